The van der Waals surface area contributed by atoms with Crippen LogP contribution in [-0.2, 0) is 6.54 Å². The van der Waals surface area contributed by atoms with Crippen LogP contribution >= 0.6 is 0 Å². The van der Waals surface area contributed by atoms with E-state index < -0.39 is 0 Å². The van der Waals surface area contributed by atoms with Crippen LogP contribution in [0, 0.1) is 11.7 Å². The van der Waals surface area contributed by atoms with Crippen LogP contribution in [-0.4, -0.2) is 6.10 Å². The van der Waals surface area contributed by atoms with E-state index in [0.717, 1.165) is 12.0 Å². The first-order valence-corrected chi connectivity index (χ1v) is 6.36. The van der Waals surface area contributed by atoms with Crippen molar-refractivity contribution >= 4 is 0 Å². The van der Waals surface area contributed by atoms with E-state index in [9.17, 15) is 4.39 Å². The minimum atomic E-state index is -0.300. The Balaban J connectivity index is 2.07. The van der Waals surface area contributed by atoms with E-state index >= 15 is 0 Å². The SMILES string of the molecule is CC1CCCCC1Oc1ccc(CN)cc1F. The second-order valence-corrected chi connectivity index (χ2v) is 4.89. The highest BCUT2D eigenvalue weighted by atomic mass is 19.1. The first-order chi connectivity index (χ1) is 8.20. The molecule has 2 N–H and O–H groups in total. The summed E-state index contributed by atoms with van der Waals surface area (Å²) in [5, 5.41) is 0. The minimum absolute atomic E-state index is 0.155. The van der Waals surface area contributed by atoms with Gasteiger partial charge >= 0.3 is 0 Å². The molecular formula is C14H20FNO. The van der Waals surface area contributed by atoms with Crippen LogP contribution in [0.4, 0.5) is 4.39 Å². The third-order valence-electron chi connectivity index (χ3n) is 3.54. The van der Waals surface area contributed by atoms with E-state index in [1.807, 2.05) is 6.07 Å². The topological polar surface area (TPSA) is 35.2 Å². The van der Waals surface area contributed by atoms with E-state index in [4.69, 9.17) is 10.5 Å². The first kappa shape index (κ1) is 12.4. The molecule has 1 aliphatic carbocycles. The average molecular weight is 237 g/mol. The standard InChI is InChI=1S/C14H20FNO/c1-10-4-2-3-5-13(10)17-14-7-6-11(9-16)8-12(14)15/h6-8,10,13H,2-5,9,16H2,1H3. The van der Waals surface area contributed by atoms with Crippen LogP contribution in [0.3, 0.4) is 0 Å². The van der Waals surface area contributed by atoms with Crippen LogP contribution in [0.15, 0.2) is 18.2 Å². The van der Waals surface area contributed by atoms with Crippen LogP contribution in [0.1, 0.15) is 38.2 Å². The second kappa shape index (κ2) is 5.50. The van der Waals surface area contributed by atoms with Gasteiger partial charge in [0, 0.05) is 6.54 Å². The number of hydrogen-bond donors (Lipinski definition) is 1. The zero-order chi connectivity index (χ0) is 12.3. The number of ether oxygens (including phenoxy) is 1. The maximum Gasteiger partial charge on any atom is 0.165 e. The number of nitrogens with two attached hydrogens (primary N) is 1. The van der Waals surface area contributed by atoms with Crippen molar-refractivity contribution in [1.29, 1.82) is 0 Å². The Morgan fingerprint density at radius 2 is 2.12 bits per heavy atom. The molecule has 1 aliphatic rings. The van der Waals surface area contributed by atoms with Crippen LogP contribution in [0.25, 0.3) is 0 Å². The Bertz CT molecular complexity index is 380. The lowest BCUT2D eigenvalue weighted by Crippen LogP contribution is -2.28. The predicted molar refractivity (Wildman–Crippen MR) is 66.3 cm³/mol. The summed E-state index contributed by atoms with van der Waals surface area (Å²) in [6.07, 6.45) is 4.79. The molecule has 17 heavy (non-hydrogen) atoms. The van der Waals surface area contributed by atoms with Crippen molar-refractivity contribution in [2.24, 2.45) is 11.7 Å². The van der Waals surface area contributed by atoms with Crippen molar-refractivity contribution in [3.05, 3.63) is 29.6 Å². The average Bonchev–Trinajstić information content (AvgIpc) is 2.34. The van der Waals surface area contributed by atoms with Gasteiger partial charge in [-0.2, -0.15) is 0 Å². The predicted octanol–water partition coefficient (Wildman–Crippen LogP) is 3.24. The molecule has 1 fully saturated rings. The van der Waals surface area contributed by atoms with E-state index in [1.54, 1.807) is 6.07 Å². The van der Waals surface area contributed by atoms with Gasteiger partial charge in [0.25, 0.3) is 0 Å². The van der Waals surface area contributed by atoms with Crippen molar-refractivity contribution < 1.29 is 9.13 Å². The molecular weight excluding hydrogens is 217 g/mol. The van der Waals surface area contributed by atoms with Gasteiger partial charge in [0.15, 0.2) is 11.6 Å². The van der Waals surface area contributed by atoms with Crippen molar-refractivity contribution in [3.63, 3.8) is 0 Å². The molecule has 0 aliphatic heterocycles. The Labute approximate surface area is 102 Å². The molecule has 0 heterocycles. The minimum Gasteiger partial charge on any atom is -0.487 e. The molecule has 1 aromatic rings. The Kier molecular flexibility index (Phi) is 4.00. The second-order valence-electron chi connectivity index (χ2n) is 4.89. The fourth-order valence-corrected chi connectivity index (χ4v) is 2.39. The van der Waals surface area contributed by atoms with Gasteiger partial charge in [-0.1, -0.05) is 19.4 Å². The van der Waals surface area contributed by atoms with Gasteiger partial charge in [0.05, 0.1) is 0 Å². The van der Waals surface area contributed by atoms with E-state index in [1.165, 1.54) is 25.3 Å². The summed E-state index contributed by atoms with van der Waals surface area (Å²) < 4.78 is 19.5. The Hall–Kier alpha value is -1.09. The largest absolute Gasteiger partial charge is 0.487 e. The van der Waals surface area contributed by atoms with Crippen LogP contribution < -0.4 is 10.5 Å². The molecule has 2 nitrogen and oxygen atoms in total. The third-order valence-corrected chi connectivity index (χ3v) is 3.54. The molecule has 2 unspecified atom stereocenters. The van der Waals surface area contributed by atoms with Gasteiger partial charge in [-0.3, -0.25) is 0 Å². The summed E-state index contributed by atoms with van der Waals surface area (Å²) in [5.41, 5.74) is 6.27. The molecule has 1 aromatic carbocycles. The molecule has 0 bridgehead atoms. The zero-order valence-electron chi connectivity index (χ0n) is 10.3. The Morgan fingerprint density at radius 1 is 1.35 bits per heavy atom. The molecule has 1 saturated carbocycles. The lowest BCUT2D eigenvalue weighted by atomic mass is 9.88. The Morgan fingerprint density at radius 3 is 2.76 bits per heavy atom. The monoisotopic (exact) mass is 237 g/mol. The van der Waals surface area contributed by atoms with Crippen molar-refractivity contribution in [2.75, 3.05) is 0 Å². The van der Waals surface area contributed by atoms with Gasteiger partial charge < -0.3 is 10.5 Å². The van der Waals surface area contributed by atoms with Gasteiger partial charge in [0.1, 0.15) is 6.10 Å². The lowest BCUT2D eigenvalue weighted by molar-refractivity contribution is 0.0980. The summed E-state index contributed by atoms with van der Waals surface area (Å²) in [5.74, 6) is 0.573. The third kappa shape index (κ3) is 2.97. The quantitative estimate of drug-likeness (QED) is 0.876. The molecule has 2 rings (SSSR count). The summed E-state index contributed by atoms with van der Waals surface area (Å²) in [4.78, 5) is 0. The summed E-state index contributed by atoms with van der Waals surface area (Å²) in [6, 6.07) is 4.98. The van der Waals surface area contributed by atoms with Crippen LogP contribution in [0.5, 0.6) is 5.75 Å². The number of benzene rings is 1. The molecule has 2 atom stereocenters. The number of rotatable bonds is 3. The fourth-order valence-electron chi connectivity index (χ4n) is 2.39. The molecule has 94 valence electrons. The van der Waals surface area contributed by atoms with Crippen molar-refractivity contribution in [3.8, 4) is 5.75 Å². The van der Waals surface area contributed by atoms with E-state index in [-0.39, 0.29) is 11.9 Å². The van der Waals surface area contributed by atoms with Gasteiger partial charge in [-0.15, -0.1) is 0 Å². The summed E-state index contributed by atoms with van der Waals surface area (Å²) in [7, 11) is 0. The van der Waals surface area contributed by atoms with Crippen LogP contribution in [0.2, 0.25) is 0 Å². The molecule has 0 spiro atoms. The number of halogens is 1. The van der Waals surface area contributed by atoms with Crippen molar-refractivity contribution in [1.82, 2.24) is 0 Å². The zero-order valence-corrected chi connectivity index (χ0v) is 10.3. The number of hydrogen-bond acceptors (Lipinski definition) is 2. The van der Waals surface area contributed by atoms with Crippen molar-refractivity contribution in [2.45, 2.75) is 45.3 Å². The molecule has 0 aromatic heterocycles. The smallest absolute Gasteiger partial charge is 0.165 e. The molecule has 0 saturated heterocycles. The normalized spacial score (nSPS) is 24.6. The highest BCUT2D eigenvalue weighted by Crippen LogP contribution is 2.29. The molecule has 3 heteroatoms. The molecule has 0 radical (unpaired) electrons. The highest BCUT2D eigenvalue weighted by Gasteiger charge is 2.23. The molecule has 0 amide bonds. The maximum atomic E-state index is 13.7. The van der Waals surface area contributed by atoms with E-state index in [0.29, 0.717) is 18.2 Å². The summed E-state index contributed by atoms with van der Waals surface area (Å²) >= 11 is 0. The summed E-state index contributed by atoms with van der Waals surface area (Å²) in [6.45, 7) is 2.53. The first-order valence-electron chi connectivity index (χ1n) is 6.36. The van der Waals surface area contributed by atoms with Gasteiger partial charge in [-0.05, 0) is 42.9 Å². The maximum absolute atomic E-state index is 13.7. The highest BCUT2D eigenvalue weighted by molar-refractivity contribution is 5.29. The van der Waals surface area contributed by atoms with Gasteiger partial charge in [0.2, 0.25) is 0 Å². The van der Waals surface area contributed by atoms with Gasteiger partial charge in [-0.25, -0.2) is 4.39 Å². The van der Waals surface area contributed by atoms with E-state index in [2.05, 4.69) is 6.92 Å². The lowest BCUT2D eigenvalue weighted by Gasteiger charge is -2.29. The fraction of sp³-hybridized carbons (Fsp3) is 0.571.